The molecule has 0 bridgehead atoms. The number of nitrogens with one attached hydrogen (secondary N) is 1. The average molecular weight is 329 g/mol. The molecule has 1 aromatic heterocycles. The lowest BCUT2D eigenvalue weighted by atomic mass is 10.1. The maximum Gasteiger partial charge on any atom is 0.421 e. The van der Waals surface area contributed by atoms with E-state index in [-0.39, 0.29) is 12.3 Å². The number of rotatable bonds is 1. The van der Waals surface area contributed by atoms with Gasteiger partial charge in [-0.25, -0.2) is 22.0 Å². The van der Waals surface area contributed by atoms with Gasteiger partial charge in [0.2, 0.25) is 5.82 Å². The number of benzene rings is 1. The number of pyridine rings is 1. The first-order chi connectivity index (χ1) is 10.1. The van der Waals surface area contributed by atoms with Gasteiger partial charge in [-0.05, 0) is 0 Å². The minimum atomic E-state index is -5.04. The van der Waals surface area contributed by atoms with Crippen molar-refractivity contribution in [2.45, 2.75) is 6.18 Å². The molecular formula is C12H3F8NO. The second-order valence-electron chi connectivity index (χ2n) is 4.07. The van der Waals surface area contributed by atoms with Gasteiger partial charge in [-0.2, -0.15) is 13.2 Å². The van der Waals surface area contributed by atoms with Crippen molar-refractivity contribution in [2.75, 3.05) is 0 Å². The zero-order chi connectivity index (χ0) is 16.8. The lowest BCUT2D eigenvalue weighted by Crippen LogP contribution is -2.19. The van der Waals surface area contributed by atoms with E-state index in [1.165, 1.54) is 0 Å². The average Bonchev–Trinajstić information content (AvgIpc) is 2.42. The molecule has 1 heterocycles. The molecule has 0 atom stereocenters. The Morgan fingerprint density at radius 2 is 1.27 bits per heavy atom. The number of H-pyrrole nitrogens is 1. The molecule has 22 heavy (non-hydrogen) atoms. The van der Waals surface area contributed by atoms with Crippen molar-refractivity contribution in [1.82, 2.24) is 4.98 Å². The summed E-state index contributed by atoms with van der Waals surface area (Å²) in [6.07, 6.45) is -4.96. The van der Waals surface area contributed by atoms with Gasteiger partial charge in [0.1, 0.15) is 5.56 Å². The summed E-state index contributed by atoms with van der Waals surface area (Å²) >= 11 is 0. The van der Waals surface area contributed by atoms with Gasteiger partial charge in [-0.3, -0.25) is 4.79 Å². The fourth-order valence-electron chi connectivity index (χ4n) is 1.68. The summed E-state index contributed by atoms with van der Waals surface area (Å²) in [6, 6.07) is 0.0983. The van der Waals surface area contributed by atoms with Gasteiger partial charge in [0, 0.05) is 12.3 Å². The van der Waals surface area contributed by atoms with E-state index < -0.39 is 57.5 Å². The number of hydrogen-bond acceptors (Lipinski definition) is 1. The molecule has 2 nitrogen and oxygen atoms in total. The second-order valence-corrected chi connectivity index (χ2v) is 4.07. The van der Waals surface area contributed by atoms with Crippen LogP contribution in [0.15, 0.2) is 17.1 Å². The van der Waals surface area contributed by atoms with Crippen LogP contribution >= 0.6 is 0 Å². The number of alkyl halides is 3. The summed E-state index contributed by atoms with van der Waals surface area (Å²) in [5.74, 6) is -11.5. The lowest BCUT2D eigenvalue weighted by molar-refractivity contribution is -0.138. The van der Waals surface area contributed by atoms with Gasteiger partial charge in [-0.15, -0.1) is 0 Å². The van der Waals surface area contributed by atoms with E-state index in [2.05, 4.69) is 0 Å². The van der Waals surface area contributed by atoms with E-state index in [9.17, 15) is 39.9 Å². The zero-order valence-corrected chi connectivity index (χ0v) is 10.1. The summed E-state index contributed by atoms with van der Waals surface area (Å²) in [7, 11) is 0. The third-order valence-corrected chi connectivity index (χ3v) is 2.70. The number of aromatic nitrogens is 1. The van der Waals surface area contributed by atoms with Crippen LogP contribution in [0.3, 0.4) is 0 Å². The van der Waals surface area contributed by atoms with E-state index in [4.69, 9.17) is 0 Å². The molecular weight excluding hydrogens is 326 g/mol. The fourth-order valence-corrected chi connectivity index (χ4v) is 1.68. The molecule has 1 aromatic carbocycles. The van der Waals surface area contributed by atoms with Gasteiger partial charge in [-0.1, -0.05) is 0 Å². The Kier molecular flexibility index (Phi) is 3.71. The van der Waals surface area contributed by atoms with Crippen molar-refractivity contribution in [1.29, 1.82) is 0 Å². The van der Waals surface area contributed by atoms with Gasteiger partial charge in [0.05, 0.1) is 11.3 Å². The van der Waals surface area contributed by atoms with Gasteiger partial charge >= 0.3 is 6.18 Å². The van der Waals surface area contributed by atoms with E-state index in [0.29, 0.717) is 0 Å². The first-order valence-electron chi connectivity index (χ1n) is 5.37. The molecule has 0 aliphatic rings. The molecule has 0 spiro atoms. The lowest BCUT2D eigenvalue weighted by Gasteiger charge is -2.10. The van der Waals surface area contributed by atoms with Crippen molar-refractivity contribution in [3.8, 4) is 11.3 Å². The predicted molar refractivity (Wildman–Crippen MR) is 57.3 cm³/mol. The van der Waals surface area contributed by atoms with Crippen molar-refractivity contribution >= 4 is 0 Å². The van der Waals surface area contributed by atoms with E-state index in [1.54, 1.807) is 4.98 Å². The topological polar surface area (TPSA) is 32.9 Å². The highest BCUT2D eigenvalue weighted by atomic mass is 19.4. The highest BCUT2D eigenvalue weighted by Crippen LogP contribution is 2.31. The molecule has 0 radical (unpaired) electrons. The Labute approximate surface area is 116 Å². The fraction of sp³-hybridized carbons (Fsp3) is 0.0833. The summed E-state index contributed by atoms with van der Waals surface area (Å²) in [6.45, 7) is 0. The minimum absolute atomic E-state index is 0.0791. The summed E-state index contributed by atoms with van der Waals surface area (Å²) in [5, 5.41) is 0. The van der Waals surface area contributed by atoms with Crippen molar-refractivity contribution in [2.24, 2.45) is 0 Å². The maximum absolute atomic E-state index is 13.5. The van der Waals surface area contributed by atoms with Gasteiger partial charge in [0.15, 0.2) is 28.7 Å². The Morgan fingerprint density at radius 1 is 0.818 bits per heavy atom. The first-order valence-corrected chi connectivity index (χ1v) is 5.37. The third-order valence-electron chi connectivity index (χ3n) is 2.70. The molecule has 0 amide bonds. The van der Waals surface area contributed by atoms with Crippen molar-refractivity contribution in [3.05, 3.63) is 57.1 Å². The number of hydrogen-bond donors (Lipinski definition) is 1. The molecule has 0 aliphatic heterocycles. The van der Waals surface area contributed by atoms with Crippen molar-refractivity contribution in [3.63, 3.8) is 0 Å². The Morgan fingerprint density at radius 3 is 1.68 bits per heavy atom. The van der Waals surface area contributed by atoms with Crippen LogP contribution in [-0.4, -0.2) is 4.98 Å². The molecule has 0 fully saturated rings. The van der Waals surface area contributed by atoms with Crippen LogP contribution in [0, 0.1) is 29.1 Å². The molecule has 0 saturated carbocycles. The van der Waals surface area contributed by atoms with Crippen LogP contribution in [0.25, 0.3) is 11.3 Å². The van der Waals surface area contributed by atoms with E-state index in [0.717, 1.165) is 0 Å². The molecule has 1 N–H and O–H groups in total. The maximum atomic E-state index is 13.5. The van der Waals surface area contributed by atoms with Crippen LogP contribution in [0.2, 0.25) is 0 Å². The van der Waals surface area contributed by atoms with E-state index >= 15 is 0 Å². The van der Waals surface area contributed by atoms with E-state index in [1.807, 2.05) is 0 Å². The minimum Gasteiger partial charge on any atom is -0.360 e. The van der Waals surface area contributed by atoms with Crippen LogP contribution in [0.4, 0.5) is 35.1 Å². The Bertz CT molecular complexity index is 779. The molecule has 118 valence electrons. The molecule has 0 unspecified atom stereocenters. The smallest absolute Gasteiger partial charge is 0.360 e. The summed E-state index contributed by atoms with van der Waals surface area (Å²) in [4.78, 5) is 13.0. The Balaban J connectivity index is 2.74. The normalized spacial score (nSPS) is 11.8. The number of halogens is 8. The number of aromatic amines is 1. The molecule has 2 rings (SSSR count). The first kappa shape index (κ1) is 16.0. The zero-order valence-electron chi connectivity index (χ0n) is 10.1. The highest BCUT2D eigenvalue weighted by Gasteiger charge is 2.34. The van der Waals surface area contributed by atoms with Crippen LogP contribution in [-0.2, 0) is 6.18 Å². The molecule has 10 heteroatoms. The van der Waals surface area contributed by atoms with Crippen LogP contribution in [0.1, 0.15) is 5.56 Å². The third kappa shape index (κ3) is 2.44. The highest BCUT2D eigenvalue weighted by molar-refractivity contribution is 5.61. The SMILES string of the molecule is O=c1cc(-c2c(F)c(F)c(F)c(F)c2F)[nH]cc1C(F)(F)F. The van der Waals surface area contributed by atoms with Gasteiger partial charge in [0.25, 0.3) is 0 Å². The predicted octanol–water partition coefficient (Wildman–Crippen LogP) is 3.76. The molecule has 2 aromatic rings. The second kappa shape index (κ2) is 5.11. The Hall–Kier alpha value is -2.39. The van der Waals surface area contributed by atoms with Crippen molar-refractivity contribution < 1.29 is 35.1 Å². The summed E-state index contributed by atoms with van der Waals surface area (Å²) < 4.78 is 103. The summed E-state index contributed by atoms with van der Waals surface area (Å²) in [5.41, 5.74) is -5.88. The van der Waals surface area contributed by atoms with Crippen LogP contribution < -0.4 is 5.43 Å². The molecule has 0 aliphatic carbocycles. The largest absolute Gasteiger partial charge is 0.421 e. The molecule has 0 saturated heterocycles. The standard InChI is InChI=1S/C12H3F8NO/c13-7-6(8(14)10(16)11(17)9(7)15)4-1-5(22)3(2-21-4)12(18,19)20/h1-2H,(H,21,22). The quantitative estimate of drug-likeness (QED) is 0.482. The van der Waals surface area contributed by atoms with Gasteiger partial charge < -0.3 is 4.98 Å². The monoisotopic (exact) mass is 329 g/mol. The van der Waals surface area contributed by atoms with Crippen LogP contribution in [0.5, 0.6) is 0 Å².